The van der Waals surface area contributed by atoms with Crippen molar-refractivity contribution in [3.8, 4) is 11.5 Å². The minimum atomic E-state index is -0.0840. The lowest BCUT2D eigenvalue weighted by Gasteiger charge is -2.27. The molecule has 1 aliphatic rings. The summed E-state index contributed by atoms with van der Waals surface area (Å²) in [5.41, 5.74) is 1.14. The number of hydrogen-bond acceptors (Lipinski definition) is 6. The molecule has 0 bridgehead atoms. The van der Waals surface area contributed by atoms with Crippen molar-refractivity contribution in [1.29, 1.82) is 0 Å². The van der Waals surface area contributed by atoms with Crippen molar-refractivity contribution in [3.63, 3.8) is 0 Å². The van der Waals surface area contributed by atoms with E-state index < -0.39 is 0 Å². The van der Waals surface area contributed by atoms with Gasteiger partial charge in [-0.25, -0.2) is 0 Å². The molecule has 6 nitrogen and oxygen atoms in total. The topological polar surface area (TPSA) is 57.2 Å². The zero-order valence-corrected chi connectivity index (χ0v) is 13.8. The number of Topliss-reactive ketones (excluding diaryl/α,β-unsaturated/α-hetero) is 1. The molecule has 0 aliphatic carbocycles. The summed E-state index contributed by atoms with van der Waals surface area (Å²) < 4.78 is 20.9. The molecule has 1 aliphatic heterocycles. The number of nitrogens with zero attached hydrogens (tertiary/aromatic N) is 1. The van der Waals surface area contributed by atoms with E-state index in [-0.39, 0.29) is 5.78 Å². The summed E-state index contributed by atoms with van der Waals surface area (Å²) in [4.78, 5) is 14.9. The van der Waals surface area contributed by atoms with Crippen LogP contribution in [-0.2, 0) is 9.47 Å². The van der Waals surface area contributed by atoms with Crippen molar-refractivity contribution in [2.24, 2.45) is 0 Å². The molecule has 0 aromatic heterocycles. The first-order chi connectivity index (χ1) is 11.2. The first kappa shape index (κ1) is 17.3. The van der Waals surface area contributed by atoms with Crippen LogP contribution in [0.4, 0.5) is 0 Å². The number of carbonyl (C=O) groups is 1. The third kappa shape index (κ3) is 4.46. The molecule has 1 heterocycles. The van der Waals surface area contributed by atoms with Crippen LogP contribution < -0.4 is 9.47 Å². The lowest BCUT2D eigenvalue weighted by atomic mass is 10.0. The Morgan fingerprint density at radius 1 is 1.17 bits per heavy atom. The van der Waals surface area contributed by atoms with Gasteiger partial charge < -0.3 is 18.9 Å². The summed E-state index contributed by atoms with van der Waals surface area (Å²) in [5, 5.41) is 0. The van der Waals surface area contributed by atoms with Crippen LogP contribution in [0.2, 0.25) is 0 Å². The average molecular weight is 321 g/mol. The summed E-state index contributed by atoms with van der Waals surface area (Å²) in [6.45, 7) is 3.51. The molecule has 2 rings (SSSR count). The minimum Gasteiger partial charge on any atom is -0.504 e. The zero-order chi connectivity index (χ0) is 16.7. The molecule has 0 unspecified atom stereocenters. The number of carbonyl (C=O) groups excluding carboxylic acids is 1. The Balaban J connectivity index is 2.18. The summed E-state index contributed by atoms with van der Waals surface area (Å²) in [6.07, 6.45) is 1.51. The van der Waals surface area contributed by atoms with Crippen LogP contribution in [0.15, 0.2) is 30.0 Å². The van der Waals surface area contributed by atoms with Gasteiger partial charge in [0, 0.05) is 30.8 Å². The van der Waals surface area contributed by atoms with Crippen LogP contribution in [0, 0.1) is 0 Å². The highest BCUT2D eigenvalue weighted by Crippen LogP contribution is 2.28. The van der Waals surface area contributed by atoms with Crippen molar-refractivity contribution in [1.82, 2.24) is 4.90 Å². The molecule has 1 saturated heterocycles. The Morgan fingerprint density at radius 3 is 2.48 bits per heavy atom. The molecule has 0 N–H and O–H groups in total. The van der Waals surface area contributed by atoms with Crippen molar-refractivity contribution in [2.45, 2.75) is 0 Å². The first-order valence-electron chi connectivity index (χ1n) is 7.48. The van der Waals surface area contributed by atoms with Gasteiger partial charge in [-0.2, -0.15) is 0 Å². The second-order valence-corrected chi connectivity index (χ2v) is 5.17. The van der Waals surface area contributed by atoms with Crippen molar-refractivity contribution < 1.29 is 23.7 Å². The Kier molecular flexibility index (Phi) is 6.43. The maximum absolute atomic E-state index is 12.8. The van der Waals surface area contributed by atoms with E-state index in [1.807, 2.05) is 0 Å². The Labute approximate surface area is 136 Å². The van der Waals surface area contributed by atoms with Gasteiger partial charge in [0.05, 0.1) is 40.8 Å². The summed E-state index contributed by atoms with van der Waals surface area (Å²) in [5.74, 6) is 1.04. The summed E-state index contributed by atoms with van der Waals surface area (Å²) in [7, 11) is 4.65. The number of rotatable bonds is 7. The van der Waals surface area contributed by atoms with E-state index in [1.54, 1.807) is 39.5 Å². The molecule has 23 heavy (non-hydrogen) atoms. The number of methoxy groups -OCH3 is 3. The number of ether oxygens (including phenoxy) is 4. The molecule has 6 heteroatoms. The third-order valence-electron chi connectivity index (χ3n) is 3.70. The van der Waals surface area contributed by atoms with Gasteiger partial charge in [0.2, 0.25) is 0 Å². The van der Waals surface area contributed by atoms with Crippen LogP contribution in [0.3, 0.4) is 0 Å². The van der Waals surface area contributed by atoms with E-state index in [4.69, 9.17) is 18.9 Å². The Bertz CT molecular complexity index is 564. The van der Waals surface area contributed by atoms with Gasteiger partial charge in [-0.3, -0.25) is 9.69 Å². The van der Waals surface area contributed by atoms with Gasteiger partial charge in [-0.1, -0.05) is 0 Å². The van der Waals surface area contributed by atoms with Crippen molar-refractivity contribution in [3.05, 3.63) is 35.6 Å². The summed E-state index contributed by atoms with van der Waals surface area (Å²) >= 11 is 0. The normalized spacial score (nSPS) is 16.0. The van der Waals surface area contributed by atoms with Gasteiger partial charge >= 0.3 is 0 Å². The van der Waals surface area contributed by atoms with Crippen LogP contribution in [0.5, 0.6) is 11.5 Å². The van der Waals surface area contributed by atoms with E-state index in [1.165, 1.54) is 6.26 Å². The second-order valence-electron chi connectivity index (χ2n) is 5.17. The van der Waals surface area contributed by atoms with Crippen LogP contribution in [-0.4, -0.2) is 64.9 Å². The average Bonchev–Trinajstić information content (AvgIpc) is 2.61. The zero-order valence-electron chi connectivity index (χ0n) is 13.8. The number of benzene rings is 1. The second kappa shape index (κ2) is 8.55. The number of morpholine rings is 1. The highest BCUT2D eigenvalue weighted by Gasteiger charge is 2.19. The van der Waals surface area contributed by atoms with Crippen LogP contribution >= 0.6 is 0 Å². The number of hydrogen-bond donors (Lipinski definition) is 0. The van der Waals surface area contributed by atoms with Gasteiger partial charge in [0.25, 0.3) is 0 Å². The molecular formula is C17H23NO5. The van der Waals surface area contributed by atoms with Gasteiger partial charge in [-0.05, 0) is 18.2 Å². The summed E-state index contributed by atoms with van der Waals surface area (Å²) in [6, 6.07) is 5.14. The van der Waals surface area contributed by atoms with Crippen LogP contribution in [0.1, 0.15) is 10.4 Å². The maximum atomic E-state index is 12.8. The fourth-order valence-electron chi connectivity index (χ4n) is 2.47. The first-order valence-corrected chi connectivity index (χ1v) is 7.48. The molecule has 1 aromatic rings. The fourth-order valence-corrected chi connectivity index (χ4v) is 2.47. The quantitative estimate of drug-likeness (QED) is 0.433. The molecule has 0 amide bonds. The smallest absolute Gasteiger partial charge is 0.193 e. The minimum absolute atomic E-state index is 0.0840. The molecule has 0 atom stereocenters. The number of ketones is 1. The molecule has 1 fully saturated rings. The SMILES string of the molecule is COC=C(CN1CCOCC1)C(=O)c1ccc(OC)c(OC)c1. The standard InChI is InChI=1S/C17H23NO5/c1-20-12-14(11-18-6-8-23-9-7-18)17(19)13-4-5-15(21-2)16(10-13)22-3/h4-5,10,12H,6-9,11H2,1-3H3. The Morgan fingerprint density at radius 2 is 1.87 bits per heavy atom. The maximum Gasteiger partial charge on any atom is 0.193 e. The van der Waals surface area contributed by atoms with Gasteiger partial charge in [0.1, 0.15) is 0 Å². The molecule has 1 aromatic carbocycles. The highest BCUT2D eigenvalue weighted by molar-refractivity contribution is 6.09. The lowest BCUT2D eigenvalue weighted by Crippen LogP contribution is -2.38. The predicted octanol–water partition coefficient (Wildman–Crippen LogP) is 1.75. The lowest BCUT2D eigenvalue weighted by molar-refractivity contribution is 0.0414. The predicted molar refractivity (Wildman–Crippen MR) is 86.2 cm³/mol. The molecule has 0 radical (unpaired) electrons. The molecule has 0 spiro atoms. The van der Waals surface area contributed by atoms with E-state index in [9.17, 15) is 4.79 Å². The Hall–Kier alpha value is -2.05. The van der Waals surface area contributed by atoms with E-state index in [0.29, 0.717) is 42.4 Å². The van der Waals surface area contributed by atoms with Crippen LogP contribution in [0.25, 0.3) is 0 Å². The largest absolute Gasteiger partial charge is 0.504 e. The molecule has 126 valence electrons. The molecular weight excluding hydrogens is 298 g/mol. The van der Waals surface area contributed by atoms with E-state index in [2.05, 4.69) is 4.90 Å². The van der Waals surface area contributed by atoms with Gasteiger partial charge in [0.15, 0.2) is 17.3 Å². The van der Waals surface area contributed by atoms with E-state index >= 15 is 0 Å². The van der Waals surface area contributed by atoms with E-state index in [0.717, 1.165) is 13.1 Å². The van der Waals surface area contributed by atoms with Crippen molar-refractivity contribution >= 4 is 5.78 Å². The molecule has 0 saturated carbocycles. The highest BCUT2D eigenvalue weighted by atomic mass is 16.5. The third-order valence-corrected chi connectivity index (χ3v) is 3.70. The van der Waals surface area contributed by atoms with Crippen molar-refractivity contribution in [2.75, 3.05) is 54.2 Å². The fraction of sp³-hybridized carbons (Fsp3) is 0.471. The van der Waals surface area contributed by atoms with Gasteiger partial charge in [-0.15, -0.1) is 0 Å². The monoisotopic (exact) mass is 321 g/mol.